The van der Waals surface area contributed by atoms with Crippen LogP contribution < -0.4 is 5.32 Å². The van der Waals surface area contributed by atoms with E-state index in [4.69, 9.17) is 32.7 Å². The molecule has 0 aromatic heterocycles. The summed E-state index contributed by atoms with van der Waals surface area (Å²) >= 11 is 12.2. The quantitative estimate of drug-likeness (QED) is 0.605. The zero-order valence-corrected chi connectivity index (χ0v) is 14.3. The molecule has 1 N–H and O–H groups in total. The second-order valence-corrected chi connectivity index (χ2v) is 5.74. The van der Waals surface area contributed by atoms with Gasteiger partial charge in [-0.05, 0) is 43.5 Å². The molecule has 0 bridgehead atoms. The van der Waals surface area contributed by atoms with Crippen molar-refractivity contribution in [3.05, 3.63) is 33.8 Å². The molecular formula is C16H25Cl2NO2. The zero-order valence-electron chi connectivity index (χ0n) is 12.8. The minimum absolute atomic E-state index is 0.268. The number of ether oxygens (including phenoxy) is 2. The van der Waals surface area contributed by atoms with E-state index in [0.29, 0.717) is 18.2 Å². The van der Waals surface area contributed by atoms with Gasteiger partial charge in [0.05, 0.1) is 13.2 Å². The molecular weight excluding hydrogens is 309 g/mol. The summed E-state index contributed by atoms with van der Waals surface area (Å²) in [5.74, 6) is 0. The molecule has 3 nitrogen and oxygen atoms in total. The lowest BCUT2D eigenvalue weighted by Crippen LogP contribution is -2.22. The summed E-state index contributed by atoms with van der Waals surface area (Å²) in [7, 11) is 1.68. The third kappa shape index (κ3) is 7.48. The van der Waals surface area contributed by atoms with Gasteiger partial charge in [-0.2, -0.15) is 0 Å². The van der Waals surface area contributed by atoms with Crippen LogP contribution in [0.25, 0.3) is 0 Å². The van der Waals surface area contributed by atoms with E-state index in [1.807, 2.05) is 12.1 Å². The van der Waals surface area contributed by atoms with Gasteiger partial charge in [-0.25, -0.2) is 0 Å². The highest BCUT2D eigenvalue weighted by molar-refractivity contribution is 6.35. The van der Waals surface area contributed by atoms with Gasteiger partial charge < -0.3 is 14.8 Å². The highest BCUT2D eigenvalue weighted by Gasteiger charge is 2.12. The van der Waals surface area contributed by atoms with Crippen molar-refractivity contribution < 1.29 is 9.47 Å². The second kappa shape index (κ2) is 11.3. The van der Waals surface area contributed by atoms with Gasteiger partial charge in [0.15, 0.2) is 0 Å². The van der Waals surface area contributed by atoms with Crippen molar-refractivity contribution in [1.29, 1.82) is 0 Å². The van der Waals surface area contributed by atoms with Gasteiger partial charge in [0.25, 0.3) is 0 Å². The van der Waals surface area contributed by atoms with Crippen molar-refractivity contribution in [1.82, 2.24) is 5.32 Å². The van der Waals surface area contributed by atoms with Crippen LogP contribution in [-0.2, 0) is 9.47 Å². The van der Waals surface area contributed by atoms with Crippen LogP contribution in [0.2, 0.25) is 10.0 Å². The number of nitrogens with one attached hydrogen (secondary N) is 1. The fourth-order valence-electron chi connectivity index (χ4n) is 2.11. The maximum atomic E-state index is 6.26. The summed E-state index contributed by atoms with van der Waals surface area (Å²) in [5.41, 5.74) is 1.11. The number of hydrogen-bond donors (Lipinski definition) is 1. The Bertz CT molecular complexity index is 402. The summed E-state index contributed by atoms with van der Waals surface area (Å²) in [5, 5.41) is 4.94. The summed E-state index contributed by atoms with van der Waals surface area (Å²) < 4.78 is 10.4. The van der Waals surface area contributed by atoms with E-state index in [1.54, 1.807) is 13.2 Å². The lowest BCUT2D eigenvalue weighted by atomic mass is 10.0. The first-order valence-electron chi connectivity index (χ1n) is 7.44. The van der Waals surface area contributed by atoms with E-state index in [1.165, 1.54) is 0 Å². The van der Waals surface area contributed by atoms with Gasteiger partial charge in [0.1, 0.15) is 0 Å². The van der Waals surface area contributed by atoms with E-state index in [-0.39, 0.29) is 6.04 Å². The zero-order chi connectivity index (χ0) is 15.5. The molecule has 0 heterocycles. The molecule has 1 aromatic rings. The first kappa shape index (κ1) is 18.7. The predicted molar refractivity (Wildman–Crippen MR) is 89.4 cm³/mol. The molecule has 21 heavy (non-hydrogen) atoms. The molecule has 0 aliphatic heterocycles. The second-order valence-electron chi connectivity index (χ2n) is 4.89. The molecule has 0 radical (unpaired) electrons. The van der Waals surface area contributed by atoms with Gasteiger partial charge in [0.2, 0.25) is 0 Å². The number of rotatable bonds is 11. The molecule has 0 aliphatic rings. The maximum absolute atomic E-state index is 6.26. The average molecular weight is 334 g/mol. The Hall–Kier alpha value is -0.320. The Morgan fingerprint density at radius 2 is 1.95 bits per heavy atom. The third-order valence-corrected chi connectivity index (χ3v) is 3.85. The molecule has 0 saturated heterocycles. The number of unbranched alkanes of at least 4 members (excludes halogenated alkanes) is 1. The molecule has 1 atom stereocenters. The van der Waals surface area contributed by atoms with Crippen LogP contribution in [0.3, 0.4) is 0 Å². The topological polar surface area (TPSA) is 30.5 Å². The third-order valence-electron chi connectivity index (χ3n) is 3.28. The highest BCUT2D eigenvalue weighted by Crippen LogP contribution is 2.27. The fraction of sp³-hybridized carbons (Fsp3) is 0.625. The van der Waals surface area contributed by atoms with Crippen molar-refractivity contribution in [2.45, 2.75) is 32.2 Å². The summed E-state index contributed by atoms with van der Waals surface area (Å²) in [6.07, 6.45) is 3.11. The minimum Gasteiger partial charge on any atom is -0.382 e. The van der Waals surface area contributed by atoms with Gasteiger partial charge in [-0.15, -0.1) is 0 Å². The van der Waals surface area contributed by atoms with E-state index in [2.05, 4.69) is 12.2 Å². The summed E-state index contributed by atoms with van der Waals surface area (Å²) in [4.78, 5) is 0. The average Bonchev–Trinajstić information content (AvgIpc) is 2.47. The van der Waals surface area contributed by atoms with E-state index < -0.39 is 0 Å². The molecule has 0 saturated carbocycles. The van der Waals surface area contributed by atoms with Crippen LogP contribution in [0.5, 0.6) is 0 Å². The van der Waals surface area contributed by atoms with Gasteiger partial charge >= 0.3 is 0 Å². The summed E-state index contributed by atoms with van der Waals surface area (Å²) in [6.45, 7) is 5.21. The van der Waals surface area contributed by atoms with Crippen LogP contribution in [-0.4, -0.2) is 33.5 Å². The van der Waals surface area contributed by atoms with E-state index in [9.17, 15) is 0 Å². The number of benzene rings is 1. The molecule has 5 heteroatoms. The molecule has 0 amide bonds. The number of hydrogen-bond acceptors (Lipinski definition) is 3. The number of halogens is 2. The van der Waals surface area contributed by atoms with Crippen molar-refractivity contribution in [2.24, 2.45) is 0 Å². The lowest BCUT2D eigenvalue weighted by molar-refractivity contribution is 0.0687. The number of methoxy groups -OCH3 is 1. The molecule has 1 rings (SSSR count). The first-order chi connectivity index (χ1) is 10.2. The van der Waals surface area contributed by atoms with Gasteiger partial charge in [0, 0.05) is 29.8 Å². The normalized spacial score (nSPS) is 12.6. The molecule has 0 spiro atoms. The Balaban J connectivity index is 2.25. The van der Waals surface area contributed by atoms with Crippen LogP contribution in [0.1, 0.15) is 37.8 Å². The highest BCUT2D eigenvalue weighted by atomic mass is 35.5. The molecule has 0 fully saturated rings. The Morgan fingerprint density at radius 3 is 2.62 bits per heavy atom. The van der Waals surface area contributed by atoms with Crippen LogP contribution in [0.15, 0.2) is 18.2 Å². The van der Waals surface area contributed by atoms with Crippen LogP contribution >= 0.6 is 23.2 Å². The van der Waals surface area contributed by atoms with Gasteiger partial charge in [-0.3, -0.25) is 0 Å². The molecule has 1 aromatic carbocycles. The molecule has 1 unspecified atom stereocenters. The SMILES string of the molecule is CCC(NCCCCOCCOC)c1ccc(Cl)cc1Cl. The molecule has 0 aliphatic carbocycles. The van der Waals surface area contributed by atoms with Crippen molar-refractivity contribution in [3.8, 4) is 0 Å². The van der Waals surface area contributed by atoms with Gasteiger partial charge in [-0.1, -0.05) is 36.2 Å². The monoisotopic (exact) mass is 333 g/mol. The van der Waals surface area contributed by atoms with Crippen molar-refractivity contribution in [3.63, 3.8) is 0 Å². The maximum Gasteiger partial charge on any atom is 0.0700 e. The van der Waals surface area contributed by atoms with E-state index >= 15 is 0 Å². The Morgan fingerprint density at radius 1 is 1.14 bits per heavy atom. The molecule has 120 valence electrons. The first-order valence-corrected chi connectivity index (χ1v) is 8.19. The Labute approximate surface area is 137 Å². The van der Waals surface area contributed by atoms with E-state index in [0.717, 1.165) is 43.0 Å². The minimum atomic E-state index is 0.268. The summed E-state index contributed by atoms with van der Waals surface area (Å²) in [6, 6.07) is 5.95. The fourth-order valence-corrected chi connectivity index (χ4v) is 2.65. The lowest BCUT2D eigenvalue weighted by Gasteiger charge is -2.19. The predicted octanol–water partition coefficient (Wildman–Crippen LogP) is 4.48. The standard InChI is InChI=1S/C16H25Cl2NO2/c1-3-16(14-7-6-13(17)12-15(14)18)19-8-4-5-9-21-11-10-20-2/h6-7,12,16,19H,3-5,8-11H2,1-2H3. The van der Waals surface area contributed by atoms with Crippen LogP contribution in [0, 0.1) is 0 Å². The smallest absolute Gasteiger partial charge is 0.0700 e. The van der Waals surface area contributed by atoms with Crippen molar-refractivity contribution >= 4 is 23.2 Å². The Kier molecular flexibility index (Phi) is 10.1. The van der Waals surface area contributed by atoms with Crippen molar-refractivity contribution in [2.75, 3.05) is 33.5 Å². The largest absolute Gasteiger partial charge is 0.382 e. The van der Waals surface area contributed by atoms with Crippen LogP contribution in [0.4, 0.5) is 0 Å².